The average molecular weight is 491 g/mol. The summed E-state index contributed by atoms with van der Waals surface area (Å²) < 4.78 is 41.6. The topological polar surface area (TPSA) is 94.1 Å². The Hall–Kier alpha value is -2.59. The molecular formula is C24H34N4O5S. The molecule has 3 heterocycles. The number of sulfonamides is 1. The third kappa shape index (κ3) is 6.09. The minimum atomic E-state index is -3.15. The average Bonchev–Trinajstić information content (AvgIpc) is 2.85. The molecule has 2 aromatic rings. The van der Waals surface area contributed by atoms with Gasteiger partial charge in [-0.15, -0.1) is 0 Å². The summed E-state index contributed by atoms with van der Waals surface area (Å²) >= 11 is 0. The maximum absolute atomic E-state index is 11.8. The Labute approximate surface area is 202 Å². The van der Waals surface area contributed by atoms with Crippen LogP contribution in [0.1, 0.15) is 36.8 Å². The molecular weight excluding hydrogens is 456 g/mol. The van der Waals surface area contributed by atoms with Gasteiger partial charge in [0.05, 0.1) is 33.1 Å². The highest BCUT2D eigenvalue weighted by molar-refractivity contribution is 7.88. The van der Waals surface area contributed by atoms with E-state index < -0.39 is 10.0 Å². The molecule has 34 heavy (non-hydrogen) atoms. The number of hydrogen-bond donors (Lipinski definition) is 0. The molecule has 1 saturated heterocycles. The van der Waals surface area contributed by atoms with Crippen LogP contribution in [0.5, 0.6) is 17.5 Å². The normalized spacial score (nSPS) is 17.3. The highest BCUT2D eigenvalue weighted by Crippen LogP contribution is 2.28. The van der Waals surface area contributed by atoms with Gasteiger partial charge in [-0.25, -0.2) is 8.42 Å². The maximum Gasteiger partial charge on any atom is 0.231 e. The molecule has 4 rings (SSSR count). The van der Waals surface area contributed by atoms with Crippen LogP contribution in [0.4, 0.5) is 5.95 Å². The minimum absolute atomic E-state index is 0.445. The Morgan fingerprint density at radius 1 is 1.00 bits per heavy atom. The van der Waals surface area contributed by atoms with Gasteiger partial charge in [-0.1, -0.05) is 6.07 Å². The van der Waals surface area contributed by atoms with Gasteiger partial charge in [0.15, 0.2) is 0 Å². The molecule has 0 radical (unpaired) electrons. The lowest BCUT2D eigenvalue weighted by Gasteiger charge is -2.32. The lowest BCUT2D eigenvalue weighted by molar-refractivity contribution is 0.278. The molecule has 2 aliphatic heterocycles. The van der Waals surface area contributed by atoms with E-state index in [1.807, 2.05) is 12.1 Å². The van der Waals surface area contributed by atoms with E-state index in [1.165, 1.54) is 16.1 Å². The van der Waals surface area contributed by atoms with E-state index in [0.717, 1.165) is 56.5 Å². The van der Waals surface area contributed by atoms with Crippen LogP contribution in [0.3, 0.4) is 0 Å². The number of rotatable bonds is 9. The van der Waals surface area contributed by atoms with Crippen molar-refractivity contribution >= 4 is 16.0 Å². The van der Waals surface area contributed by atoms with Crippen molar-refractivity contribution < 1.29 is 22.6 Å². The van der Waals surface area contributed by atoms with Crippen molar-refractivity contribution in [3.63, 3.8) is 0 Å². The maximum atomic E-state index is 11.8. The van der Waals surface area contributed by atoms with Crippen LogP contribution in [0.25, 0.3) is 0 Å². The van der Waals surface area contributed by atoms with Crippen molar-refractivity contribution in [1.29, 1.82) is 0 Å². The lowest BCUT2D eigenvalue weighted by atomic mass is 9.92. The number of aromatic nitrogens is 2. The van der Waals surface area contributed by atoms with Gasteiger partial charge in [-0.05, 0) is 61.3 Å². The first-order valence-corrected chi connectivity index (χ1v) is 13.6. The van der Waals surface area contributed by atoms with Crippen LogP contribution >= 0.6 is 0 Å². The number of fused-ring (bicyclic) bond motifs is 1. The van der Waals surface area contributed by atoms with E-state index in [0.29, 0.717) is 43.3 Å². The van der Waals surface area contributed by atoms with Gasteiger partial charge in [0, 0.05) is 26.2 Å². The summed E-state index contributed by atoms with van der Waals surface area (Å²) in [4.78, 5) is 11.1. The molecule has 0 aliphatic carbocycles. The fraction of sp³-hybridized carbons (Fsp3) is 0.583. The third-order valence-corrected chi connectivity index (χ3v) is 7.88. The molecule has 0 spiro atoms. The van der Waals surface area contributed by atoms with Crippen molar-refractivity contribution in [3.8, 4) is 17.5 Å². The van der Waals surface area contributed by atoms with Crippen LogP contribution in [0, 0.1) is 5.92 Å². The van der Waals surface area contributed by atoms with Crippen molar-refractivity contribution in [2.45, 2.75) is 38.6 Å². The van der Waals surface area contributed by atoms with Crippen LogP contribution in [0.15, 0.2) is 24.3 Å². The summed E-state index contributed by atoms with van der Waals surface area (Å²) in [6.07, 6.45) is 6.32. The second-order valence-corrected chi connectivity index (χ2v) is 10.9. The number of piperidine rings is 1. The molecule has 0 N–H and O–H groups in total. The molecule has 0 atom stereocenters. The van der Waals surface area contributed by atoms with E-state index in [-0.39, 0.29) is 0 Å². The summed E-state index contributed by atoms with van der Waals surface area (Å²) in [6.45, 7) is 3.49. The second-order valence-electron chi connectivity index (χ2n) is 8.95. The predicted molar refractivity (Wildman–Crippen MR) is 130 cm³/mol. The van der Waals surface area contributed by atoms with E-state index in [4.69, 9.17) is 14.2 Å². The second kappa shape index (κ2) is 10.8. The Morgan fingerprint density at radius 2 is 1.71 bits per heavy atom. The van der Waals surface area contributed by atoms with E-state index in [1.54, 1.807) is 20.3 Å². The molecule has 10 heteroatoms. The van der Waals surface area contributed by atoms with Crippen molar-refractivity contribution in [3.05, 3.63) is 35.4 Å². The largest absolute Gasteiger partial charge is 0.494 e. The van der Waals surface area contributed by atoms with Gasteiger partial charge >= 0.3 is 0 Å². The van der Waals surface area contributed by atoms with E-state index >= 15 is 0 Å². The molecule has 2 aliphatic rings. The van der Waals surface area contributed by atoms with E-state index in [9.17, 15) is 8.42 Å². The molecule has 0 amide bonds. The number of anilines is 1. The molecule has 1 aromatic heterocycles. The first kappa shape index (κ1) is 24.5. The van der Waals surface area contributed by atoms with Gasteiger partial charge in [-0.3, -0.25) is 0 Å². The highest BCUT2D eigenvalue weighted by atomic mass is 32.2. The first-order valence-electron chi connectivity index (χ1n) is 11.8. The van der Waals surface area contributed by atoms with Crippen molar-refractivity contribution in [2.75, 3.05) is 51.6 Å². The van der Waals surface area contributed by atoms with Crippen LogP contribution in [0.2, 0.25) is 0 Å². The van der Waals surface area contributed by atoms with Crippen LogP contribution in [-0.4, -0.2) is 69.4 Å². The first-order chi connectivity index (χ1) is 16.4. The van der Waals surface area contributed by atoms with Crippen molar-refractivity contribution in [2.24, 2.45) is 5.92 Å². The van der Waals surface area contributed by atoms with Crippen LogP contribution < -0.4 is 19.1 Å². The zero-order valence-corrected chi connectivity index (χ0v) is 21.0. The zero-order chi connectivity index (χ0) is 24.1. The van der Waals surface area contributed by atoms with Gasteiger partial charge in [0.25, 0.3) is 0 Å². The van der Waals surface area contributed by atoms with Crippen LogP contribution in [-0.2, 0) is 23.0 Å². The predicted octanol–water partition coefficient (Wildman–Crippen LogP) is 2.89. The SMILES string of the molecule is COc1cc(OC)nc(N2CCC(CCCOc3ccc4c(c3)CCN(S(C)(=O)=O)C4)CC2)n1. The van der Waals surface area contributed by atoms with Gasteiger partial charge in [-0.2, -0.15) is 14.3 Å². The standard InChI is InChI=1S/C24H34N4O5S/c1-31-22-16-23(32-2)26-24(25-22)27-11-8-18(9-12-27)5-4-14-33-21-7-6-20-17-28(34(3,29)30)13-10-19(20)15-21/h6-7,15-16,18H,4-5,8-14,17H2,1-3H3. The number of nitrogens with zero attached hydrogens (tertiary/aromatic N) is 4. The van der Waals surface area contributed by atoms with Crippen molar-refractivity contribution in [1.82, 2.24) is 14.3 Å². The quantitative estimate of drug-likeness (QED) is 0.496. The molecule has 0 saturated carbocycles. The number of hydrogen-bond acceptors (Lipinski definition) is 8. The summed E-state index contributed by atoms with van der Waals surface area (Å²) in [5.74, 6) is 3.21. The lowest BCUT2D eigenvalue weighted by Crippen LogP contribution is -2.35. The van der Waals surface area contributed by atoms with Gasteiger partial charge in [0.2, 0.25) is 27.7 Å². The molecule has 9 nitrogen and oxygen atoms in total. The summed E-state index contributed by atoms with van der Waals surface area (Å²) in [7, 11) is 0.0356. The highest BCUT2D eigenvalue weighted by Gasteiger charge is 2.24. The van der Waals surface area contributed by atoms with Gasteiger partial charge in [0.1, 0.15) is 5.75 Å². The Balaban J connectivity index is 1.20. The number of benzene rings is 1. The molecule has 0 unspecified atom stereocenters. The Kier molecular flexibility index (Phi) is 7.77. The molecule has 186 valence electrons. The zero-order valence-electron chi connectivity index (χ0n) is 20.2. The van der Waals surface area contributed by atoms with Gasteiger partial charge < -0.3 is 19.1 Å². The molecule has 0 bridgehead atoms. The van der Waals surface area contributed by atoms with E-state index in [2.05, 4.69) is 20.9 Å². The number of ether oxygens (including phenoxy) is 3. The fourth-order valence-corrected chi connectivity index (χ4v) is 5.40. The summed E-state index contributed by atoms with van der Waals surface area (Å²) in [5.41, 5.74) is 2.24. The summed E-state index contributed by atoms with van der Waals surface area (Å²) in [5, 5.41) is 0. The number of methoxy groups -OCH3 is 2. The molecule has 1 fully saturated rings. The Morgan fingerprint density at radius 3 is 2.35 bits per heavy atom. The smallest absolute Gasteiger partial charge is 0.231 e. The molecule has 1 aromatic carbocycles. The Bertz CT molecular complexity index is 1060. The fourth-order valence-electron chi connectivity index (χ4n) is 4.60. The third-order valence-electron chi connectivity index (χ3n) is 6.63. The minimum Gasteiger partial charge on any atom is -0.494 e. The monoisotopic (exact) mass is 490 g/mol. The summed E-state index contributed by atoms with van der Waals surface area (Å²) in [6, 6.07) is 7.69.